The molecule has 0 aliphatic rings. The van der Waals surface area contributed by atoms with Crippen LogP contribution in [0.2, 0.25) is 0 Å². The van der Waals surface area contributed by atoms with Gasteiger partial charge in [-0.05, 0) is 0 Å². The predicted molar refractivity (Wildman–Crippen MR) is 83.6 cm³/mol. The van der Waals surface area contributed by atoms with Crippen molar-refractivity contribution >= 4 is 23.6 Å². The van der Waals surface area contributed by atoms with Crippen LogP contribution in [0.15, 0.2) is 0 Å². The molecule has 0 aromatic heterocycles. The summed E-state index contributed by atoms with van der Waals surface area (Å²) in [6.07, 6.45) is -3.13. The van der Waals surface area contributed by atoms with Crippen LogP contribution in [-0.4, -0.2) is 26.4 Å². The molecule has 2 aromatic carbocycles. The molecule has 30 heavy (non-hydrogen) atoms. The Balaban J connectivity index is 2.82. The second-order valence-electron chi connectivity index (χ2n) is 5.25. The summed E-state index contributed by atoms with van der Waals surface area (Å²) in [5.74, 6) is -19.4. The van der Waals surface area contributed by atoms with Gasteiger partial charge in [0.1, 0.15) is 11.4 Å². The van der Waals surface area contributed by atoms with Crippen molar-refractivity contribution in [2.24, 2.45) is 0 Å². The minimum absolute atomic E-state index is 0.743. The lowest BCUT2D eigenvalue weighted by molar-refractivity contribution is 0.185. The van der Waals surface area contributed by atoms with Crippen LogP contribution in [0.3, 0.4) is 0 Å². The molecule has 0 fully saturated rings. The molecule has 2 N–H and O–H groups in total. The van der Waals surface area contributed by atoms with Crippen LogP contribution >= 0.6 is 0 Å². The van der Waals surface area contributed by atoms with Crippen molar-refractivity contribution in [2.45, 2.75) is 0 Å². The topological polar surface area (TPSA) is 76.7 Å². The van der Waals surface area contributed by atoms with E-state index in [1.807, 2.05) is 0 Å². The molecule has 0 atom stereocenters. The second kappa shape index (κ2) is 8.42. The first-order valence-electron chi connectivity index (χ1n) is 7.39. The number of ether oxygens (including phenoxy) is 2. The van der Waals surface area contributed by atoms with E-state index in [9.17, 15) is 44.7 Å². The lowest BCUT2D eigenvalue weighted by Crippen LogP contribution is -2.18. The highest BCUT2D eigenvalue weighted by atomic mass is 19.2. The van der Waals surface area contributed by atoms with Gasteiger partial charge in [0, 0.05) is 0 Å². The van der Waals surface area contributed by atoms with E-state index in [1.54, 1.807) is 0 Å². The van der Waals surface area contributed by atoms with Gasteiger partial charge in [0.05, 0.1) is 25.3 Å². The van der Waals surface area contributed by atoms with Crippen LogP contribution in [0.1, 0.15) is 0 Å². The Hall–Kier alpha value is -3.58. The number of anilines is 2. The molecule has 0 saturated carbocycles. The summed E-state index contributed by atoms with van der Waals surface area (Å²) in [6.45, 7) is 0. The Labute approximate surface area is 161 Å². The molecule has 2 amide bonds. The van der Waals surface area contributed by atoms with Gasteiger partial charge in [0.15, 0.2) is 46.5 Å². The van der Waals surface area contributed by atoms with Gasteiger partial charge in [-0.25, -0.2) is 44.7 Å². The smallest absolute Gasteiger partial charge is 0.411 e. The Kier molecular flexibility index (Phi) is 6.38. The largest absolute Gasteiger partial charge is 0.453 e. The highest BCUT2D eigenvalue weighted by Crippen LogP contribution is 2.40. The molecule has 0 heterocycles. The number of halogens is 8. The lowest BCUT2D eigenvalue weighted by atomic mass is 10.00. The van der Waals surface area contributed by atoms with E-state index in [0.29, 0.717) is 0 Å². The Bertz CT molecular complexity index is 919. The normalized spacial score (nSPS) is 10.6. The molecular weight excluding hydrogens is 436 g/mol. The molecule has 2 aromatic rings. The third kappa shape index (κ3) is 3.67. The minimum atomic E-state index is -2.49. The summed E-state index contributed by atoms with van der Waals surface area (Å²) in [6, 6.07) is 0. The first-order valence-corrected chi connectivity index (χ1v) is 7.39. The number of carbonyl (C=O) groups is 2. The zero-order chi connectivity index (χ0) is 22.9. The maximum atomic E-state index is 14.3. The summed E-state index contributed by atoms with van der Waals surface area (Å²) in [4.78, 5) is 22.1. The average Bonchev–Trinajstić information content (AvgIpc) is 2.73. The van der Waals surface area contributed by atoms with Crippen LogP contribution in [-0.2, 0) is 9.47 Å². The first-order chi connectivity index (χ1) is 14.0. The molecule has 162 valence electrons. The van der Waals surface area contributed by atoms with Crippen molar-refractivity contribution in [1.29, 1.82) is 0 Å². The number of carbonyl (C=O) groups excluding carboxylic acids is 2. The van der Waals surface area contributed by atoms with Crippen LogP contribution < -0.4 is 10.6 Å². The van der Waals surface area contributed by atoms with Gasteiger partial charge in [0.2, 0.25) is 0 Å². The van der Waals surface area contributed by atoms with Gasteiger partial charge in [0.25, 0.3) is 0 Å². The van der Waals surface area contributed by atoms with Crippen LogP contribution in [0, 0.1) is 46.5 Å². The number of methoxy groups -OCH3 is 2. The molecule has 6 nitrogen and oxygen atoms in total. The summed E-state index contributed by atoms with van der Waals surface area (Å²) in [5.41, 5.74) is -7.77. The molecule has 0 saturated heterocycles. The van der Waals surface area contributed by atoms with Crippen LogP contribution in [0.4, 0.5) is 56.1 Å². The minimum Gasteiger partial charge on any atom is -0.453 e. The van der Waals surface area contributed by atoms with Crippen molar-refractivity contribution in [3.05, 3.63) is 46.5 Å². The number of rotatable bonds is 3. The molecule has 0 bridgehead atoms. The standard InChI is InChI=1S/C16H8F8N2O4/c1-29-15(27)25-13-9(21)5(17)3(6(18)10(13)22)4-7(19)11(23)14(12(24)8(4)20)26-16(28)30-2/h1-2H3,(H,25,27)(H,26,28). The predicted octanol–water partition coefficient (Wildman–Crippen LogP) is 4.82. The number of benzene rings is 2. The summed E-state index contributed by atoms with van der Waals surface area (Å²) < 4.78 is 121. The summed E-state index contributed by atoms with van der Waals surface area (Å²) in [7, 11) is 1.49. The van der Waals surface area contributed by atoms with Gasteiger partial charge in [-0.1, -0.05) is 0 Å². The summed E-state index contributed by atoms with van der Waals surface area (Å²) >= 11 is 0. The number of hydrogen-bond acceptors (Lipinski definition) is 4. The van der Waals surface area contributed by atoms with E-state index >= 15 is 0 Å². The van der Waals surface area contributed by atoms with Crippen LogP contribution in [0.5, 0.6) is 0 Å². The van der Waals surface area contributed by atoms with Crippen molar-refractivity contribution < 1.29 is 54.2 Å². The fourth-order valence-corrected chi connectivity index (χ4v) is 2.23. The maximum absolute atomic E-state index is 14.3. The van der Waals surface area contributed by atoms with E-state index in [2.05, 4.69) is 9.47 Å². The van der Waals surface area contributed by atoms with E-state index in [4.69, 9.17) is 0 Å². The Morgan fingerprint density at radius 2 is 0.767 bits per heavy atom. The zero-order valence-corrected chi connectivity index (χ0v) is 14.7. The number of amides is 2. The Morgan fingerprint density at radius 1 is 0.533 bits per heavy atom. The van der Waals surface area contributed by atoms with Crippen molar-refractivity contribution in [2.75, 3.05) is 24.9 Å². The highest BCUT2D eigenvalue weighted by molar-refractivity contribution is 5.87. The molecule has 14 heteroatoms. The average molecular weight is 444 g/mol. The molecule has 0 aliphatic carbocycles. The van der Waals surface area contributed by atoms with Crippen molar-refractivity contribution in [3.8, 4) is 11.1 Å². The zero-order valence-electron chi connectivity index (χ0n) is 14.7. The van der Waals surface area contributed by atoms with E-state index in [1.165, 1.54) is 10.6 Å². The van der Waals surface area contributed by atoms with Gasteiger partial charge in [-0.2, -0.15) is 0 Å². The van der Waals surface area contributed by atoms with Gasteiger partial charge < -0.3 is 9.47 Å². The molecule has 2 rings (SSSR count). The fraction of sp³-hybridized carbons (Fsp3) is 0.125. The van der Waals surface area contributed by atoms with E-state index in [0.717, 1.165) is 14.2 Å². The van der Waals surface area contributed by atoms with Crippen LogP contribution in [0.25, 0.3) is 11.1 Å². The highest BCUT2D eigenvalue weighted by Gasteiger charge is 2.35. The van der Waals surface area contributed by atoms with E-state index < -0.39 is 81.2 Å². The second-order valence-corrected chi connectivity index (χ2v) is 5.25. The lowest BCUT2D eigenvalue weighted by Gasteiger charge is -2.16. The van der Waals surface area contributed by atoms with Gasteiger partial charge >= 0.3 is 12.2 Å². The summed E-state index contributed by atoms with van der Waals surface area (Å²) in [5, 5.41) is 2.58. The van der Waals surface area contributed by atoms with Crippen molar-refractivity contribution in [3.63, 3.8) is 0 Å². The number of nitrogens with one attached hydrogen (secondary N) is 2. The van der Waals surface area contributed by atoms with Crippen molar-refractivity contribution in [1.82, 2.24) is 0 Å². The van der Waals surface area contributed by atoms with Gasteiger partial charge in [-0.3, -0.25) is 10.6 Å². The molecule has 0 aliphatic heterocycles. The van der Waals surface area contributed by atoms with E-state index in [-0.39, 0.29) is 0 Å². The fourth-order valence-electron chi connectivity index (χ4n) is 2.23. The quantitative estimate of drug-likeness (QED) is 0.526. The molecule has 0 spiro atoms. The maximum Gasteiger partial charge on any atom is 0.411 e. The molecule has 0 unspecified atom stereocenters. The molecule has 0 radical (unpaired) electrons. The third-order valence-corrected chi connectivity index (χ3v) is 3.60. The van der Waals surface area contributed by atoms with Gasteiger partial charge in [-0.15, -0.1) is 0 Å². The SMILES string of the molecule is COC(=O)Nc1c(F)c(F)c(-c2c(F)c(F)c(NC(=O)OC)c(F)c2F)c(F)c1F. The first kappa shape index (κ1) is 22.7. The number of hydrogen-bond donors (Lipinski definition) is 2. The third-order valence-electron chi connectivity index (χ3n) is 3.60. The molecular formula is C16H8F8N2O4. The monoisotopic (exact) mass is 444 g/mol. The Morgan fingerprint density at radius 3 is 0.967 bits per heavy atom.